The minimum absolute atomic E-state index is 0.657. The molecule has 1 aromatic carbocycles. The molecule has 74 valence electrons. The highest BCUT2D eigenvalue weighted by Crippen LogP contribution is 2.18. The van der Waals surface area contributed by atoms with Gasteiger partial charge in [0.15, 0.2) is 5.88 Å². The normalized spacial score (nSPS) is 9.60. The van der Waals surface area contributed by atoms with Crippen molar-refractivity contribution in [2.24, 2.45) is 0 Å². The minimum atomic E-state index is 0.657. The van der Waals surface area contributed by atoms with E-state index in [1.54, 1.807) is 19.2 Å². The van der Waals surface area contributed by atoms with Gasteiger partial charge in [-0.3, -0.25) is 4.57 Å². The van der Waals surface area contributed by atoms with Gasteiger partial charge in [0.05, 0.1) is 18.7 Å². The van der Waals surface area contributed by atoms with E-state index in [0.717, 1.165) is 11.6 Å². The second-order valence-corrected chi connectivity index (χ2v) is 3.08. The Labute approximate surface area is 88.1 Å². The maximum atomic E-state index is 8.68. The average molecular weight is 198 g/mol. The highest BCUT2D eigenvalue weighted by molar-refractivity contribution is 5.42. The lowest BCUT2D eigenvalue weighted by Gasteiger charge is -2.07. The number of methoxy groups -OCH3 is 1. The first-order chi connectivity index (χ1) is 7.35. The summed E-state index contributed by atoms with van der Waals surface area (Å²) in [5.41, 5.74) is 1.64. The van der Waals surface area contributed by atoms with Crippen molar-refractivity contribution >= 4 is 0 Å². The maximum Gasteiger partial charge on any atom is 0.197 e. The lowest BCUT2D eigenvalue weighted by atomic mass is 10.2. The van der Waals surface area contributed by atoms with Crippen molar-refractivity contribution in [3.63, 3.8) is 0 Å². The number of hydrogen-bond acceptors (Lipinski definition) is 2. The van der Waals surface area contributed by atoms with Crippen LogP contribution in [-0.4, -0.2) is 11.7 Å². The van der Waals surface area contributed by atoms with Gasteiger partial charge in [-0.15, -0.1) is 0 Å². The topological polar surface area (TPSA) is 38.0 Å². The molecule has 1 heterocycles. The molecule has 3 heteroatoms. The zero-order valence-electron chi connectivity index (χ0n) is 8.34. The summed E-state index contributed by atoms with van der Waals surface area (Å²) in [6, 6.07) is 13.2. The van der Waals surface area contributed by atoms with Gasteiger partial charge in [-0.25, -0.2) is 0 Å². The first kappa shape index (κ1) is 9.35. The van der Waals surface area contributed by atoms with Gasteiger partial charge in [0.25, 0.3) is 0 Å². The molecule has 0 saturated carbocycles. The van der Waals surface area contributed by atoms with E-state index in [2.05, 4.69) is 6.07 Å². The number of hydrogen-bond donors (Lipinski definition) is 0. The van der Waals surface area contributed by atoms with Crippen LogP contribution in [0.3, 0.4) is 0 Å². The summed E-state index contributed by atoms with van der Waals surface area (Å²) in [7, 11) is 1.63. The monoisotopic (exact) mass is 198 g/mol. The first-order valence-corrected chi connectivity index (χ1v) is 4.57. The van der Waals surface area contributed by atoms with Crippen LogP contribution in [0.1, 0.15) is 5.56 Å². The van der Waals surface area contributed by atoms with E-state index >= 15 is 0 Å². The van der Waals surface area contributed by atoms with E-state index < -0.39 is 0 Å². The van der Waals surface area contributed by atoms with Crippen LogP contribution in [0.2, 0.25) is 0 Å². The molecule has 0 atom stereocenters. The van der Waals surface area contributed by atoms with Gasteiger partial charge >= 0.3 is 0 Å². The van der Waals surface area contributed by atoms with Crippen LogP contribution in [0.15, 0.2) is 42.6 Å². The molecule has 1 aromatic heterocycles. The van der Waals surface area contributed by atoms with Crippen LogP contribution < -0.4 is 4.74 Å². The highest BCUT2D eigenvalue weighted by Gasteiger charge is 2.02. The lowest BCUT2D eigenvalue weighted by Crippen LogP contribution is -1.95. The number of nitriles is 1. The summed E-state index contributed by atoms with van der Waals surface area (Å²) in [5.74, 6) is 0.778. The molecule has 0 fully saturated rings. The van der Waals surface area contributed by atoms with E-state index in [-0.39, 0.29) is 0 Å². The van der Waals surface area contributed by atoms with Crippen molar-refractivity contribution in [2.45, 2.75) is 0 Å². The summed E-state index contributed by atoms with van der Waals surface area (Å²) < 4.78 is 7.11. The van der Waals surface area contributed by atoms with Gasteiger partial charge in [0, 0.05) is 18.0 Å². The van der Waals surface area contributed by atoms with E-state index in [4.69, 9.17) is 10.00 Å². The molecule has 0 aliphatic carbocycles. The van der Waals surface area contributed by atoms with Crippen LogP contribution >= 0.6 is 0 Å². The van der Waals surface area contributed by atoms with Gasteiger partial charge in [-0.2, -0.15) is 5.26 Å². The Balaban J connectivity index is 2.42. The smallest absolute Gasteiger partial charge is 0.197 e. The van der Waals surface area contributed by atoms with Gasteiger partial charge in [0.1, 0.15) is 0 Å². The predicted molar refractivity (Wildman–Crippen MR) is 57.0 cm³/mol. The van der Waals surface area contributed by atoms with E-state index in [1.165, 1.54) is 0 Å². The van der Waals surface area contributed by atoms with Crippen LogP contribution in [0.25, 0.3) is 5.69 Å². The summed E-state index contributed by atoms with van der Waals surface area (Å²) in [6.07, 6.45) is 1.92. The SMILES string of the molecule is COc1cccn1-c1ccc(C#N)cc1. The summed E-state index contributed by atoms with van der Waals surface area (Å²) in [5, 5.41) is 8.68. The third-order valence-corrected chi connectivity index (χ3v) is 2.20. The molecule has 0 bridgehead atoms. The quantitative estimate of drug-likeness (QED) is 0.742. The molecule has 2 rings (SSSR count). The zero-order chi connectivity index (χ0) is 10.7. The van der Waals surface area contributed by atoms with Crippen LogP contribution in [0.5, 0.6) is 5.88 Å². The van der Waals surface area contributed by atoms with Gasteiger partial charge < -0.3 is 4.74 Å². The molecule has 0 aliphatic rings. The number of aromatic nitrogens is 1. The predicted octanol–water partition coefficient (Wildman–Crippen LogP) is 2.36. The van der Waals surface area contributed by atoms with Crippen molar-refractivity contribution < 1.29 is 4.74 Å². The third-order valence-electron chi connectivity index (χ3n) is 2.20. The van der Waals surface area contributed by atoms with E-state index in [9.17, 15) is 0 Å². The Kier molecular flexibility index (Phi) is 2.42. The lowest BCUT2D eigenvalue weighted by molar-refractivity contribution is 0.390. The van der Waals surface area contributed by atoms with Gasteiger partial charge in [0.2, 0.25) is 0 Å². The Bertz CT molecular complexity index is 491. The maximum absolute atomic E-state index is 8.68. The molecule has 15 heavy (non-hydrogen) atoms. The molecule has 0 radical (unpaired) electrons. The standard InChI is InChI=1S/C12H10N2O/c1-15-12-3-2-8-14(12)11-6-4-10(9-13)5-7-11/h2-8H,1H3. The number of rotatable bonds is 2. The molecule has 0 unspecified atom stereocenters. The fourth-order valence-corrected chi connectivity index (χ4v) is 1.44. The molecule has 0 saturated heterocycles. The van der Waals surface area contributed by atoms with Crippen LogP contribution in [0, 0.1) is 11.3 Å². The molecule has 3 nitrogen and oxygen atoms in total. The van der Waals surface area contributed by atoms with Crippen LogP contribution in [0.4, 0.5) is 0 Å². The molecular weight excluding hydrogens is 188 g/mol. The minimum Gasteiger partial charge on any atom is -0.482 e. The Morgan fingerprint density at radius 3 is 2.53 bits per heavy atom. The van der Waals surface area contributed by atoms with Crippen molar-refractivity contribution in [3.8, 4) is 17.6 Å². The van der Waals surface area contributed by atoms with Gasteiger partial charge in [-0.1, -0.05) is 0 Å². The number of ether oxygens (including phenoxy) is 1. The molecule has 0 aliphatic heterocycles. The molecule has 2 aromatic rings. The van der Waals surface area contributed by atoms with E-state index in [0.29, 0.717) is 5.56 Å². The molecule has 0 spiro atoms. The van der Waals surface area contributed by atoms with Crippen molar-refractivity contribution in [1.82, 2.24) is 4.57 Å². The molecule has 0 N–H and O–H groups in total. The van der Waals surface area contributed by atoms with E-state index in [1.807, 2.05) is 35.0 Å². The number of nitrogens with zero attached hydrogens (tertiary/aromatic N) is 2. The third kappa shape index (κ3) is 1.70. The number of benzene rings is 1. The molecular formula is C12H10N2O. The second-order valence-electron chi connectivity index (χ2n) is 3.08. The summed E-state index contributed by atoms with van der Waals surface area (Å²) >= 11 is 0. The van der Waals surface area contributed by atoms with Crippen molar-refractivity contribution in [2.75, 3.05) is 7.11 Å². The summed E-state index contributed by atoms with van der Waals surface area (Å²) in [4.78, 5) is 0. The Hall–Kier alpha value is -2.21. The summed E-state index contributed by atoms with van der Waals surface area (Å²) in [6.45, 7) is 0. The second kappa shape index (κ2) is 3.89. The fraction of sp³-hybridized carbons (Fsp3) is 0.0833. The Morgan fingerprint density at radius 1 is 1.20 bits per heavy atom. The zero-order valence-corrected chi connectivity index (χ0v) is 8.34. The average Bonchev–Trinajstić information content (AvgIpc) is 2.77. The first-order valence-electron chi connectivity index (χ1n) is 4.57. The largest absolute Gasteiger partial charge is 0.482 e. The molecule has 0 amide bonds. The Morgan fingerprint density at radius 2 is 1.93 bits per heavy atom. The fourth-order valence-electron chi connectivity index (χ4n) is 1.44. The van der Waals surface area contributed by atoms with Crippen LogP contribution in [-0.2, 0) is 0 Å². The highest BCUT2D eigenvalue weighted by atomic mass is 16.5. The van der Waals surface area contributed by atoms with Crippen molar-refractivity contribution in [1.29, 1.82) is 5.26 Å². The van der Waals surface area contributed by atoms with Crippen molar-refractivity contribution in [3.05, 3.63) is 48.2 Å². The van der Waals surface area contributed by atoms with Gasteiger partial charge in [-0.05, 0) is 30.3 Å².